The minimum atomic E-state index is 0.00403. The van der Waals surface area contributed by atoms with Gasteiger partial charge in [-0.1, -0.05) is 19.6 Å². The summed E-state index contributed by atoms with van der Waals surface area (Å²) in [5, 5.41) is 0. The van der Waals surface area contributed by atoms with Crippen LogP contribution >= 0.6 is 0 Å². The number of allylic oxidation sites excluding steroid dienone is 3. The summed E-state index contributed by atoms with van der Waals surface area (Å²) in [5.74, 6) is 0. The first-order valence-electron chi connectivity index (χ1n) is 11.1. The first-order chi connectivity index (χ1) is 14.1. The number of aliphatic imine (C=N–C) groups is 2. The van der Waals surface area contributed by atoms with Crippen LogP contribution in [0, 0.1) is 0 Å². The lowest BCUT2D eigenvalue weighted by molar-refractivity contribution is 0.239. The van der Waals surface area contributed by atoms with Gasteiger partial charge >= 0.3 is 0 Å². The van der Waals surface area contributed by atoms with E-state index in [0.717, 1.165) is 37.1 Å². The molecule has 1 aliphatic carbocycles. The zero-order chi connectivity index (χ0) is 22.2. The van der Waals surface area contributed by atoms with Crippen LogP contribution in [-0.4, -0.2) is 36.0 Å². The predicted molar refractivity (Wildman–Crippen MR) is 132 cm³/mol. The SMILES string of the molecule is C=C(C(=NC)C1=C(C)c2cc(C3=CN=C(C)C3)c(CC)cc2CC1)N(C)C(C)(C)C. The van der Waals surface area contributed by atoms with Crippen LogP contribution in [0.15, 0.2) is 46.2 Å². The highest BCUT2D eigenvalue weighted by Gasteiger charge is 2.27. The third kappa shape index (κ3) is 4.08. The average Bonchev–Trinajstić information content (AvgIpc) is 3.14. The van der Waals surface area contributed by atoms with Crippen molar-refractivity contribution in [3.05, 3.63) is 58.4 Å². The Bertz CT molecular complexity index is 994. The van der Waals surface area contributed by atoms with Crippen molar-refractivity contribution in [2.45, 2.75) is 72.8 Å². The number of fused-ring (bicyclic) bond motifs is 1. The minimum Gasteiger partial charge on any atom is -0.368 e. The van der Waals surface area contributed by atoms with Crippen molar-refractivity contribution >= 4 is 22.6 Å². The van der Waals surface area contributed by atoms with Crippen LogP contribution < -0.4 is 0 Å². The zero-order valence-electron chi connectivity index (χ0n) is 20.1. The van der Waals surface area contributed by atoms with E-state index in [1.807, 2.05) is 7.05 Å². The Hall–Kier alpha value is -2.42. The van der Waals surface area contributed by atoms with Gasteiger partial charge in [0, 0.05) is 38.0 Å². The fourth-order valence-electron chi connectivity index (χ4n) is 4.47. The van der Waals surface area contributed by atoms with Gasteiger partial charge in [0.15, 0.2) is 0 Å². The lowest BCUT2D eigenvalue weighted by atomic mass is 9.80. The zero-order valence-corrected chi connectivity index (χ0v) is 20.1. The lowest BCUT2D eigenvalue weighted by Gasteiger charge is -2.37. The van der Waals surface area contributed by atoms with Gasteiger partial charge in [0.1, 0.15) is 0 Å². The van der Waals surface area contributed by atoms with Gasteiger partial charge in [0.05, 0.1) is 11.4 Å². The Kier molecular flexibility index (Phi) is 6.21. The molecule has 1 aromatic rings. The molecule has 0 aromatic heterocycles. The number of aryl methyl sites for hydroxylation is 2. The predicted octanol–water partition coefficient (Wildman–Crippen LogP) is 6.49. The molecule has 0 radical (unpaired) electrons. The van der Waals surface area contributed by atoms with Crippen molar-refractivity contribution < 1.29 is 0 Å². The maximum Gasteiger partial charge on any atom is 0.0833 e. The van der Waals surface area contributed by atoms with Gasteiger partial charge in [-0.3, -0.25) is 9.98 Å². The molecule has 30 heavy (non-hydrogen) atoms. The first kappa shape index (κ1) is 22.3. The van der Waals surface area contributed by atoms with E-state index in [-0.39, 0.29) is 5.54 Å². The van der Waals surface area contributed by atoms with E-state index in [1.54, 1.807) is 0 Å². The second kappa shape index (κ2) is 8.37. The van der Waals surface area contributed by atoms with Crippen LogP contribution in [0.5, 0.6) is 0 Å². The summed E-state index contributed by atoms with van der Waals surface area (Å²) in [4.78, 5) is 11.5. The summed E-state index contributed by atoms with van der Waals surface area (Å²) in [5.41, 5.74) is 12.8. The number of hydrogen-bond donors (Lipinski definition) is 0. The van der Waals surface area contributed by atoms with Gasteiger partial charge in [0.2, 0.25) is 0 Å². The first-order valence-corrected chi connectivity index (χ1v) is 11.1. The van der Waals surface area contributed by atoms with Gasteiger partial charge in [-0.25, -0.2) is 0 Å². The van der Waals surface area contributed by atoms with Crippen LogP contribution in [-0.2, 0) is 12.8 Å². The molecule has 0 spiro atoms. The van der Waals surface area contributed by atoms with Crippen molar-refractivity contribution in [3.8, 4) is 0 Å². The normalized spacial score (nSPS) is 17.0. The van der Waals surface area contributed by atoms with E-state index >= 15 is 0 Å². The molecule has 0 saturated heterocycles. The smallest absolute Gasteiger partial charge is 0.0833 e. The summed E-state index contributed by atoms with van der Waals surface area (Å²) in [7, 11) is 4.00. The second-order valence-electron chi connectivity index (χ2n) is 9.57. The highest BCUT2D eigenvalue weighted by atomic mass is 15.2. The summed E-state index contributed by atoms with van der Waals surface area (Å²) < 4.78 is 0. The summed E-state index contributed by atoms with van der Waals surface area (Å²) in [6, 6.07) is 4.84. The Balaban J connectivity index is 2.07. The fourth-order valence-corrected chi connectivity index (χ4v) is 4.47. The molecule has 2 aliphatic rings. The third-order valence-corrected chi connectivity index (χ3v) is 6.64. The van der Waals surface area contributed by atoms with Crippen LogP contribution in [0.4, 0.5) is 0 Å². The van der Waals surface area contributed by atoms with Crippen molar-refractivity contribution in [1.29, 1.82) is 0 Å². The van der Waals surface area contributed by atoms with Gasteiger partial charge in [-0.15, -0.1) is 0 Å². The molecule has 0 atom stereocenters. The number of rotatable bonds is 5. The molecule has 0 fully saturated rings. The Morgan fingerprint density at radius 2 is 1.87 bits per heavy atom. The molecule has 1 aliphatic heterocycles. The van der Waals surface area contributed by atoms with E-state index in [2.05, 4.69) is 83.4 Å². The molecule has 160 valence electrons. The molecule has 0 N–H and O–H groups in total. The molecule has 1 aromatic carbocycles. The third-order valence-electron chi connectivity index (χ3n) is 6.64. The van der Waals surface area contributed by atoms with E-state index in [1.165, 1.54) is 44.7 Å². The van der Waals surface area contributed by atoms with Gasteiger partial charge < -0.3 is 4.90 Å². The van der Waals surface area contributed by atoms with Crippen molar-refractivity contribution in [2.24, 2.45) is 9.98 Å². The Labute approximate surface area is 183 Å². The molecule has 0 bridgehead atoms. The maximum absolute atomic E-state index is 4.70. The standard InChI is InChI=1S/C27H37N3/c1-10-20-14-21-11-12-23(26(28-8)19(4)30(9)27(5,6)7)18(3)24(21)15-25(20)22-13-17(2)29-16-22/h14-16H,4,10-13H2,1-3,5-9H3. The highest BCUT2D eigenvalue weighted by molar-refractivity contribution is 6.16. The monoisotopic (exact) mass is 403 g/mol. The molecule has 3 nitrogen and oxygen atoms in total. The van der Waals surface area contributed by atoms with Crippen LogP contribution in [0.25, 0.3) is 11.1 Å². The van der Waals surface area contributed by atoms with Crippen molar-refractivity contribution in [2.75, 3.05) is 14.1 Å². The van der Waals surface area contributed by atoms with E-state index in [9.17, 15) is 0 Å². The van der Waals surface area contributed by atoms with E-state index in [0.29, 0.717) is 0 Å². The summed E-state index contributed by atoms with van der Waals surface area (Å²) >= 11 is 0. The lowest BCUT2D eigenvalue weighted by Crippen LogP contribution is -2.39. The topological polar surface area (TPSA) is 28.0 Å². The highest BCUT2D eigenvalue weighted by Crippen LogP contribution is 2.38. The van der Waals surface area contributed by atoms with Crippen LogP contribution in [0.1, 0.15) is 76.6 Å². The van der Waals surface area contributed by atoms with Crippen LogP contribution in [0.2, 0.25) is 0 Å². The molecule has 0 unspecified atom stereocenters. The average molecular weight is 404 g/mol. The number of hydrogen-bond acceptors (Lipinski definition) is 3. The van der Waals surface area contributed by atoms with Crippen LogP contribution in [0.3, 0.4) is 0 Å². The minimum absolute atomic E-state index is 0.00403. The van der Waals surface area contributed by atoms with Gasteiger partial charge in [0.25, 0.3) is 0 Å². The van der Waals surface area contributed by atoms with Crippen molar-refractivity contribution in [1.82, 2.24) is 4.90 Å². The number of benzene rings is 1. The van der Waals surface area contributed by atoms with Crippen molar-refractivity contribution in [3.63, 3.8) is 0 Å². The summed E-state index contributed by atoms with van der Waals surface area (Å²) in [6.45, 7) is 17.7. The molecule has 1 heterocycles. The van der Waals surface area contributed by atoms with Gasteiger partial charge in [-0.2, -0.15) is 0 Å². The second-order valence-corrected chi connectivity index (χ2v) is 9.57. The quantitative estimate of drug-likeness (QED) is 0.516. The number of nitrogens with zero attached hydrogens (tertiary/aromatic N) is 3. The Morgan fingerprint density at radius 3 is 2.40 bits per heavy atom. The molecule has 3 rings (SSSR count). The molecule has 0 amide bonds. The molecular formula is C27H37N3. The van der Waals surface area contributed by atoms with E-state index < -0.39 is 0 Å². The molecule has 0 saturated carbocycles. The largest absolute Gasteiger partial charge is 0.368 e. The molecule has 3 heteroatoms. The van der Waals surface area contributed by atoms with E-state index in [4.69, 9.17) is 4.99 Å². The maximum atomic E-state index is 4.70. The fraction of sp³-hybridized carbons (Fsp3) is 0.481. The summed E-state index contributed by atoms with van der Waals surface area (Å²) in [6.07, 6.45) is 6.11. The van der Waals surface area contributed by atoms with Gasteiger partial charge in [-0.05, 0) is 98.9 Å². The Morgan fingerprint density at radius 1 is 1.17 bits per heavy atom. The molecular weight excluding hydrogens is 366 g/mol.